The first kappa shape index (κ1) is 20.4. The van der Waals surface area contributed by atoms with Crippen molar-refractivity contribution < 1.29 is 49.6 Å². The van der Waals surface area contributed by atoms with Gasteiger partial charge in [-0.15, -0.1) is 0 Å². The van der Waals surface area contributed by atoms with Gasteiger partial charge < -0.3 is 50.2 Å². The third-order valence-corrected chi connectivity index (χ3v) is 4.34. The summed E-state index contributed by atoms with van der Waals surface area (Å²) in [5, 5.41) is 61.6. The first-order chi connectivity index (χ1) is 11.7. The number of rotatable bonds is 4. The number of aliphatic hydroxyl groups excluding tert-OH is 6. The number of nitrogens with one attached hydrogen (secondary N) is 1. The highest BCUT2D eigenvalue weighted by Gasteiger charge is 2.50. The van der Waals surface area contributed by atoms with Gasteiger partial charge in [-0.05, 0) is 6.92 Å². The highest BCUT2D eigenvalue weighted by molar-refractivity contribution is 5.73. The molecule has 11 heteroatoms. The summed E-state index contributed by atoms with van der Waals surface area (Å²) < 4.78 is 15.8. The number of carbonyl (C=O) groups is 1. The van der Waals surface area contributed by atoms with E-state index in [4.69, 9.17) is 14.2 Å². The molecule has 11 nitrogen and oxygen atoms in total. The molecule has 1 amide bonds. The van der Waals surface area contributed by atoms with E-state index in [0.717, 1.165) is 0 Å². The van der Waals surface area contributed by atoms with Crippen LogP contribution in [0.3, 0.4) is 0 Å². The van der Waals surface area contributed by atoms with Crippen LogP contribution in [-0.2, 0) is 19.0 Å². The molecule has 10 atom stereocenters. The Hall–Kier alpha value is -0.890. The van der Waals surface area contributed by atoms with E-state index in [1.165, 1.54) is 13.8 Å². The zero-order valence-electron chi connectivity index (χ0n) is 13.8. The number of amides is 1. The maximum absolute atomic E-state index is 11.3. The SMILES string of the molecule is CC(=O)N[C@H]1[C@H](O[C@@H]2[C@H](O)[C@@H](O)[C@H](C)O[C@@H]2O)O[C@H](CO)[C@@H](O)[C@@H]1O. The summed E-state index contributed by atoms with van der Waals surface area (Å²) >= 11 is 0. The minimum Gasteiger partial charge on any atom is -0.394 e. The molecular weight excluding hydrogens is 342 g/mol. The molecule has 0 spiro atoms. The summed E-state index contributed by atoms with van der Waals surface area (Å²) in [7, 11) is 0. The number of aliphatic hydroxyl groups is 6. The second kappa shape index (κ2) is 8.20. The Morgan fingerprint density at radius 3 is 2.24 bits per heavy atom. The molecule has 2 fully saturated rings. The van der Waals surface area contributed by atoms with E-state index in [1.54, 1.807) is 0 Å². The molecule has 0 aromatic rings. The van der Waals surface area contributed by atoms with Crippen LogP contribution in [0.5, 0.6) is 0 Å². The quantitative estimate of drug-likeness (QED) is 0.257. The lowest BCUT2D eigenvalue weighted by Gasteiger charge is -2.46. The van der Waals surface area contributed by atoms with E-state index in [0.29, 0.717) is 0 Å². The van der Waals surface area contributed by atoms with Crippen molar-refractivity contribution in [3.05, 3.63) is 0 Å². The second-order valence-electron chi connectivity index (χ2n) is 6.25. The Morgan fingerprint density at radius 2 is 1.68 bits per heavy atom. The highest BCUT2D eigenvalue weighted by Crippen LogP contribution is 2.28. The summed E-state index contributed by atoms with van der Waals surface area (Å²) in [5.74, 6) is -0.550. The molecule has 2 rings (SSSR count). The van der Waals surface area contributed by atoms with Gasteiger partial charge in [0.1, 0.15) is 42.7 Å². The monoisotopic (exact) mass is 367 g/mol. The van der Waals surface area contributed by atoms with Crippen molar-refractivity contribution in [3.8, 4) is 0 Å². The zero-order valence-corrected chi connectivity index (χ0v) is 13.8. The molecule has 7 N–H and O–H groups in total. The van der Waals surface area contributed by atoms with Gasteiger partial charge in [0, 0.05) is 6.92 Å². The third-order valence-electron chi connectivity index (χ3n) is 4.34. The molecule has 0 saturated carbocycles. The minimum absolute atomic E-state index is 0.550. The van der Waals surface area contributed by atoms with Crippen LogP contribution in [0, 0.1) is 0 Å². The Kier molecular flexibility index (Phi) is 6.70. The summed E-state index contributed by atoms with van der Waals surface area (Å²) in [5.41, 5.74) is 0. The zero-order chi connectivity index (χ0) is 18.9. The maximum atomic E-state index is 11.3. The Bertz CT molecular complexity index is 465. The van der Waals surface area contributed by atoms with E-state index >= 15 is 0 Å². The van der Waals surface area contributed by atoms with Gasteiger partial charge in [-0.2, -0.15) is 0 Å². The normalized spacial score (nSPS) is 48.2. The van der Waals surface area contributed by atoms with Gasteiger partial charge in [0.05, 0.1) is 12.7 Å². The molecule has 0 aromatic carbocycles. The smallest absolute Gasteiger partial charge is 0.217 e. The molecule has 0 unspecified atom stereocenters. The summed E-state index contributed by atoms with van der Waals surface area (Å²) in [6, 6.07) is -1.24. The van der Waals surface area contributed by atoms with Crippen LogP contribution in [0.25, 0.3) is 0 Å². The van der Waals surface area contributed by atoms with Gasteiger partial charge in [0.25, 0.3) is 0 Å². The molecule has 0 bridgehead atoms. The Balaban J connectivity index is 2.19. The first-order valence-corrected chi connectivity index (χ1v) is 7.92. The van der Waals surface area contributed by atoms with Crippen molar-refractivity contribution in [2.24, 2.45) is 0 Å². The number of carbonyl (C=O) groups excluding carboxylic acids is 1. The van der Waals surface area contributed by atoms with E-state index in [9.17, 15) is 35.4 Å². The predicted molar refractivity (Wildman–Crippen MR) is 78.8 cm³/mol. The summed E-state index contributed by atoms with van der Waals surface area (Å²) in [6.07, 6.45) is -12.5. The Labute approximate surface area is 143 Å². The van der Waals surface area contributed by atoms with Crippen molar-refractivity contribution in [2.75, 3.05) is 6.61 Å². The van der Waals surface area contributed by atoms with Crippen LogP contribution in [0.1, 0.15) is 13.8 Å². The molecular formula is C14H25NO10. The fraction of sp³-hybridized carbons (Fsp3) is 0.929. The van der Waals surface area contributed by atoms with Crippen molar-refractivity contribution in [1.82, 2.24) is 5.32 Å². The molecule has 0 aromatic heterocycles. The van der Waals surface area contributed by atoms with Gasteiger partial charge >= 0.3 is 0 Å². The van der Waals surface area contributed by atoms with Crippen LogP contribution < -0.4 is 5.32 Å². The molecule has 2 heterocycles. The highest BCUT2D eigenvalue weighted by atomic mass is 16.7. The van der Waals surface area contributed by atoms with E-state index in [1.807, 2.05) is 0 Å². The van der Waals surface area contributed by atoms with Gasteiger partial charge in [0.2, 0.25) is 5.91 Å². The summed E-state index contributed by atoms with van der Waals surface area (Å²) in [4.78, 5) is 11.3. The van der Waals surface area contributed by atoms with E-state index in [2.05, 4.69) is 5.32 Å². The molecule has 0 aliphatic carbocycles. The lowest BCUT2D eigenvalue weighted by Crippen LogP contribution is -2.67. The summed E-state index contributed by atoms with van der Waals surface area (Å²) in [6.45, 7) is 1.98. The molecule has 0 radical (unpaired) electrons. The average Bonchev–Trinajstić information content (AvgIpc) is 2.55. The van der Waals surface area contributed by atoms with Crippen molar-refractivity contribution in [2.45, 2.75) is 75.2 Å². The van der Waals surface area contributed by atoms with Crippen LogP contribution in [0.4, 0.5) is 0 Å². The van der Waals surface area contributed by atoms with Gasteiger partial charge in [-0.3, -0.25) is 4.79 Å². The lowest BCUT2D eigenvalue weighted by atomic mass is 9.96. The predicted octanol–water partition coefficient (Wildman–Crippen LogP) is -4.23. The van der Waals surface area contributed by atoms with Crippen LogP contribution >= 0.6 is 0 Å². The lowest BCUT2D eigenvalue weighted by molar-refractivity contribution is -0.344. The van der Waals surface area contributed by atoms with Crippen molar-refractivity contribution in [3.63, 3.8) is 0 Å². The van der Waals surface area contributed by atoms with Crippen LogP contribution in [-0.4, -0.2) is 105 Å². The number of hydrogen-bond acceptors (Lipinski definition) is 10. The molecule has 2 saturated heterocycles. The van der Waals surface area contributed by atoms with Crippen molar-refractivity contribution >= 4 is 5.91 Å². The molecule has 25 heavy (non-hydrogen) atoms. The van der Waals surface area contributed by atoms with Crippen LogP contribution in [0.15, 0.2) is 0 Å². The molecule has 2 aliphatic rings. The van der Waals surface area contributed by atoms with Gasteiger partial charge in [-0.1, -0.05) is 0 Å². The van der Waals surface area contributed by atoms with Gasteiger partial charge in [-0.25, -0.2) is 0 Å². The first-order valence-electron chi connectivity index (χ1n) is 7.92. The van der Waals surface area contributed by atoms with E-state index < -0.39 is 73.9 Å². The second-order valence-corrected chi connectivity index (χ2v) is 6.25. The Morgan fingerprint density at radius 1 is 1.04 bits per heavy atom. The topological polar surface area (TPSA) is 178 Å². The average molecular weight is 367 g/mol. The fourth-order valence-electron chi connectivity index (χ4n) is 2.91. The number of hydrogen-bond donors (Lipinski definition) is 7. The number of ether oxygens (including phenoxy) is 3. The van der Waals surface area contributed by atoms with Crippen molar-refractivity contribution in [1.29, 1.82) is 0 Å². The maximum Gasteiger partial charge on any atom is 0.217 e. The fourth-order valence-corrected chi connectivity index (χ4v) is 2.91. The third kappa shape index (κ3) is 4.27. The van der Waals surface area contributed by atoms with E-state index in [-0.39, 0.29) is 0 Å². The molecule has 146 valence electrons. The van der Waals surface area contributed by atoms with Gasteiger partial charge in [0.15, 0.2) is 12.6 Å². The standard InChI is InChI=1S/C14H25NO10/c1-4-8(18)11(21)12(13(22)23-4)25-14-7(15-5(2)17)10(20)9(19)6(3-16)24-14/h4,6-14,16,18-22H,3H2,1-2H3,(H,15,17)/t4-,6+,7+,8-,9+,10+,11+,12+,13-,14-/m0/s1. The molecule has 2 aliphatic heterocycles. The minimum atomic E-state index is -1.61. The van der Waals surface area contributed by atoms with Crippen LogP contribution in [0.2, 0.25) is 0 Å². The largest absolute Gasteiger partial charge is 0.394 e.